The summed E-state index contributed by atoms with van der Waals surface area (Å²) < 4.78 is 0. The van der Waals surface area contributed by atoms with E-state index in [1.165, 1.54) is 0 Å². The topological polar surface area (TPSA) is 70.0 Å². The Hall–Kier alpha value is -2.38. The smallest absolute Gasteiger partial charge is 0.123 e. The molecule has 3 N–H and O–H groups in total. The Kier molecular flexibility index (Phi) is 3.26. The highest BCUT2D eigenvalue weighted by Gasteiger charge is 2.04. The van der Waals surface area contributed by atoms with Crippen molar-refractivity contribution in [3.63, 3.8) is 0 Å². The van der Waals surface area contributed by atoms with Crippen LogP contribution in [-0.4, -0.2) is 10.1 Å². The van der Waals surface area contributed by atoms with Gasteiger partial charge in [-0.15, -0.1) is 0 Å². The SMILES string of the molecule is N#CC(=Cc1cc(O)c2ccccc2c1)C(N)=S. The van der Waals surface area contributed by atoms with Crippen molar-refractivity contribution in [2.45, 2.75) is 0 Å². The van der Waals surface area contributed by atoms with Gasteiger partial charge in [-0.2, -0.15) is 5.26 Å². The Morgan fingerprint density at radius 3 is 2.72 bits per heavy atom. The van der Waals surface area contributed by atoms with Gasteiger partial charge >= 0.3 is 0 Å². The van der Waals surface area contributed by atoms with Crippen molar-refractivity contribution < 1.29 is 5.11 Å². The number of phenols is 1. The van der Waals surface area contributed by atoms with Crippen molar-refractivity contribution in [3.05, 3.63) is 47.5 Å². The van der Waals surface area contributed by atoms with Crippen LogP contribution in [0.4, 0.5) is 0 Å². The van der Waals surface area contributed by atoms with E-state index < -0.39 is 0 Å². The van der Waals surface area contributed by atoms with Gasteiger partial charge in [-0.25, -0.2) is 0 Å². The minimum Gasteiger partial charge on any atom is -0.507 e. The van der Waals surface area contributed by atoms with Gasteiger partial charge in [-0.05, 0) is 29.2 Å². The minimum absolute atomic E-state index is 0.0464. The van der Waals surface area contributed by atoms with E-state index in [0.29, 0.717) is 5.56 Å². The zero-order chi connectivity index (χ0) is 13.1. The van der Waals surface area contributed by atoms with Crippen LogP contribution in [-0.2, 0) is 0 Å². The molecular weight excluding hydrogens is 244 g/mol. The van der Waals surface area contributed by atoms with Crippen LogP contribution in [0.25, 0.3) is 16.8 Å². The van der Waals surface area contributed by atoms with E-state index in [0.717, 1.165) is 10.8 Å². The second kappa shape index (κ2) is 4.86. The van der Waals surface area contributed by atoms with E-state index in [1.807, 2.05) is 36.4 Å². The molecule has 0 heterocycles. The summed E-state index contributed by atoms with van der Waals surface area (Å²) in [7, 11) is 0. The lowest BCUT2D eigenvalue weighted by Gasteiger charge is -2.03. The first kappa shape index (κ1) is 12.1. The highest BCUT2D eigenvalue weighted by Crippen LogP contribution is 2.27. The Morgan fingerprint density at radius 2 is 2.06 bits per heavy atom. The second-order valence-corrected chi connectivity index (χ2v) is 4.24. The van der Waals surface area contributed by atoms with Crippen molar-refractivity contribution >= 4 is 34.1 Å². The van der Waals surface area contributed by atoms with Crippen LogP contribution in [0.1, 0.15) is 5.56 Å². The maximum atomic E-state index is 9.90. The van der Waals surface area contributed by atoms with E-state index in [1.54, 1.807) is 12.1 Å². The fourth-order valence-electron chi connectivity index (χ4n) is 1.72. The van der Waals surface area contributed by atoms with E-state index in [9.17, 15) is 5.11 Å². The van der Waals surface area contributed by atoms with Gasteiger partial charge in [-0.1, -0.05) is 36.5 Å². The number of benzene rings is 2. The van der Waals surface area contributed by atoms with Crippen LogP contribution in [0.5, 0.6) is 5.75 Å². The molecule has 2 rings (SSSR count). The molecule has 0 aliphatic rings. The quantitative estimate of drug-likeness (QED) is 0.491. The maximum Gasteiger partial charge on any atom is 0.123 e. The third-order valence-corrected chi connectivity index (χ3v) is 2.78. The third kappa shape index (κ3) is 2.31. The first-order valence-electron chi connectivity index (χ1n) is 5.25. The first-order valence-corrected chi connectivity index (χ1v) is 5.66. The molecule has 0 aliphatic heterocycles. The average molecular weight is 254 g/mol. The third-order valence-electron chi connectivity index (χ3n) is 2.56. The number of fused-ring (bicyclic) bond motifs is 1. The molecule has 88 valence electrons. The molecule has 2 aromatic rings. The van der Waals surface area contributed by atoms with Crippen LogP contribution in [0.3, 0.4) is 0 Å². The lowest BCUT2D eigenvalue weighted by Crippen LogP contribution is -2.09. The molecule has 0 saturated carbocycles. The average Bonchev–Trinajstić information content (AvgIpc) is 2.35. The minimum atomic E-state index is 0.0464. The largest absolute Gasteiger partial charge is 0.507 e. The molecule has 0 saturated heterocycles. The van der Waals surface area contributed by atoms with Crippen molar-refractivity contribution in [1.29, 1.82) is 5.26 Å². The molecule has 0 aromatic heterocycles. The summed E-state index contributed by atoms with van der Waals surface area (Å²) in [5.74, 6) is 0.166. The number of nitrogens with zero attached hydrogens (tertiary/aromatic N) is 1. The first-order chi connectivity index (χ1) is 8.61. The summed E-state index contributed by atoms with van der Waals surface area (Å²) in [5.41, 5.74) is 6.34. The standard InChI is InChI=1S/C14H10N2OS/c15-8-11(14(16)18)6-9-5-10-3-1-2-4-12(10)13(17)7-9/h1-7,17H,(H2,16,18). The highest BCUT2D eigenvalue weighted by atomic mass is 32.1. The fourth-order valence-corrected chi connectivity index (χ4v) is 1.83. The molecule has 18 heavy (non-hydrogen) atoms. The number of aromatic hydroxyl groups is 1. The Bertz CT molecular complexity index is 698. The van der Waals surface area contributed by atoms with E-state index in [-0.39, 0.29) is 16.3 Å². The lowest BCUT2D eigenvalue weighted by atomic mass is 10.0. The van der Waals surface area contributed by atoms with E-state index in [2.05, 4.69) is 0 Å². The molecule has 0 unspecified atom stereocenters. The van der Waals surface area contributed by atoms with Gasteiger partial charge in [-0.3, -0.25) is 0 Å². The number of nitriles is 1. The van der Waals surface area contributed by atoms with Gasteiger partial charge in [0.15, 0.2) is 0 Å². The molecule has 3 nitrogen and oxygen atoms in total. The van der Waals surface area contributed by atoms with Crippen LogP contribution in [0, 0.1) is 11.3 Å². The summed E-state index contributed by atoms with van der Waals surface area (Å²) in [4.78, 5) is 0.0464. The van der Waals surface area contributed by atoms with Crippen molar-refractivity contribution in [3.8, 4) is 11.8 Å². The number of rotatable bonds is 2. The summed E-state index contributed by atoms with van der Waals surface area (Å²) in [5, 5.41) is 20.5. The van der Waals surface area contributed by atoms with Crippen LogP contribution in [0.15, 0.2) is 42.0 Å². The Morgan fingerprint density at radius 1 is 1.33 bits per heavy atom. The summed E-state index contributed by atoms with van der Waals surface area (Å²) >= 11 is 4.77. The van der Waals surface area contributed by atoms with E-state index >= 15 is 0 Å². The lowest BCUT2D eigenvalue weighted by molar-refractivity contribution is 0.481. The van der Waals surface area contributed by atoms with Crippen molar-refractivity contribution in [2.75, 3.05) is 0 Å². The number of hydrogen-bond acceptors (Lipinski definition) is 3. The Labute approximate surface area is 110 Å². The van der Waals surface area contributed by atoms with Crippen molar-refractivity contribution in [2.24, 2.45) is 5.73 Å². The normalized spacial score (nSPS) is 11.2. The van der Waals surface area contributed by atoms with Crippen LogP contribution >= 0.6 is 12.2 Å². The molecule has 0 amide bonds. The summed E-state index contributed by atoms with van der Waals surface area (Å²) in [6.45, 7) is 0. The van der Waals surface area contributed by atoms with Gasteiger partial charge in [0.1, 0.15) is 16.8 Å². The van der Waals surface area contributed by atoms with Crippen LogP contribution in [0.2, 0.25) is 0 Å². The van der Waals surface area contributed by atoms with Gasteiger partial charge < -0.3 is 10.8 Å². The zero-order valence-corrected chi connectivity index (χ0v) is 10.2. The fraction of sp³-hybridized carbons (Fsp3) is 0. The van der Waals surface area contributed by atoms with Crippen molar-refractivity contribution in [1.82, 2.24) is 0 Å². The second-order valence-electron chi connectivity index (χ2n) is 3.80. The molecule has 0 radical (unpaired) electrons. The predicted octanol–water partition coefficient (Wildman–Crippen LogP) is 2.74. The molecule has 0 atom stereocenters. The summed E-state index contributed by atoms with van der Waals surface area (Å²) in [6, 6.07) is 12.8. The summed E-state index contributed by atoms with van der Waals surface area (Å²) in [6.07, 6.45) is 1.56. The molecule has 0 bridgehead atoms. The van der Waals surface area contributed by atoms with Gasteiger partial charge in [0.25, 0.3) is 0 Å². The predicted molar refractivity (Wildman–Crippen MR) is 76.0 cm³/mol. The highest BCUT2D eigenvalue weighted by molar-refractivity contribution is 7.80. The van der Waals surface area contributed by atoms with Gasteiger partial charge in [0, 0.05) is 5.39 Å². The molecule has 4 heteroatoms. The number of nitrogens with two attached hydrogens (primary N) is 1. The Balaban J connectivity index is 2.61. The van der Waals surface area contributed by atoms with Gasteiger partial charge in [0.05, 0.1) is 5.57 Å². The van der Waals surface area contributed by atoms with Gasteiger partial charge in [0.2, 0.25) is 0 Å². The molecule has 0 aliphatic carbocycles. The number of hydrogen-bond donors (Lipinski definition) is 2. The van der Waals surface area contributed by atoms with Crippen LogP contribution < -0.4 is 5.73 Å². The monoisotopic (exact) mass is 254 g/mol. The van der Waals surface area contributed by atoms with E-state index in [4.69, 9.17) is 23.2 Å². The molecule has 0 fully saturated rings. The number of thiocarbonyl (C=S) groups is 1. The number of phenolic OH excluding ortho intramolecular Hbond substituents is 1. The molecular formula is C14H10N2OS. The maximum absolute atomic E-state index is 9.90. The molecule has 0 spiro atoms. The molecule has 2 aromatic carbocycles. The zero-order valence-electron chi connectivity index (χ0n) is 9.42.